The zero-order valence-corrected chi connectivity index (χ0v) is 16.4. The molecule has 27 heavy (non-hydrogen) atoms. The van der Waals surface area contributed by atoms with Gasteiger partial charge in [-0.3, -0.25) is 19.3 Å². The number of nitrogens with one attached hydrogen (secondary N) is 1. The van der Waals surface area contributed by atoms with Crippen molar-refractivity contribution in [2.24, 2.45) is 5.92 Å². The van der Waals surface area contributed by atoms with E-state index in [9.17, 15) is 14.4 Å². The molecule has 2 rings (SSSR count). The van der Waals surface area contributed by atoms with Crippen LogP contribution in [-0.4, -0.2) is 67.4 Å². The molecule has 0 radical (unpaired) electrons. The number of aryl methyl sites for hydroxylation is 1. The summed E-state index contributed by atoms with van der Waals surface area (Å²) in [5.41, 5.74) is 1.86. The number of benzene rings is 1. The van der Waals surface area contributed by atoms with Crippen molar-refractivity contribution in [2.75, 3.05) is 45.2 Å². The van der Waals surface area contributed by atoms with E-state index in [1.54, 1.807) is 23.8 Å². The van der Waals surface area contributed by atoms with Crippen molar-refractivity contribution in [3.63, 3.8) is 0 Å². The van der Waals surface area contributed by atoms with Crippen molar-refractivity contribution in [3.05, 3.63) is 29.8 Å². The number of piperidine rings is 1. The molecule has 0 bridgehead atoms. The van der Waals surface area contributed by atoms with Gasteiger partial charge in [-0.25, -0.2) is 0 Å². The second-order valence-electron chi connectivity index (χ2n) is 7.02. The fourth-order valence-electron chi connectivity index (χ4n) is 3.13. The lowest BCUT2D eigenvalue weighted by molar-refractivity contribution is -0.151. The highest BCUT2D eigenvalue weighted by molar-refractivity contribution is 5.92. The van der Waals surface area contributed by atoms with E-state index < -0.39 is 0 Å². The van der Waals surface area contributed by atoms with Crippen molar-refractivity contribution < 1.29 is 19.1 Å². The fourth-order valence-corrected chi connectivity index (χ4v) is 3.13. The van der Waals surface area contributed by atoms with E-state index in [4.69, 9.17) is 4.74 Å². The highest BCUT2D eigenvalue weighted by Crippen LogP contribution is 2.18. The summed E-state index contributed by atoms with van der Waals surface area (Å²) < 4.78 is 5.07. The maximum absolute atomic E-state index is 12.5. The Labute approximate surface area is 160 Å². The largest absolute Gasteiger partial charge is 0.466 e. The van der Waals surface area contributed by atoms with Crippen LogP contribution in [0.15, 0.2) is 24.3 Å². The van der Waals surface area contributed by atoms with Gasteiger partial charge >= 0.3 is 5.97 Å². The SMILES string of the molecule is CCOC(=O)C1CCCN(C(=O)CN(C)CC(=O)Nc2ccc(C)cc2)C1. The summed E-state index contributed by atoms with van der Waals surface area (Å²) in [5, 5.41) is 2.82. The first kappa shape index (κ1) is 20.9. The molecule has 1 atom stereocenters. The average molecular weight is 375 g/mol. The number of hydrogen-bond acceptors (Lipinski definition) is 5. The van der Waals surface area contributed by atoms with Crippen molar-refractivity contribution in [1.29, 1.82) is 0 Å². The third-order valence-electron chi connectivity index (χ3n) is 4.55. The van der Waals surface area contributed by atoms with Gasteiger partial charge in [0.2, 0.25) is 11.8 Å². The molecule has 1 aliphatic heterocycles. The number of amides is 2. The van der Waals surface area contributed by atoms with Crippen LogP contribution in [0.4, 0.5) is 5.69 Å². The van der Waals surface area contributed by atoms with Crippen LogP contribution in [0.25, 0.3) is 0 Å². The Morgan fingerprint density at radius 3 is 2.59 bits per heavy atom. The van der Waals surface area contributed by atoms with E-state index in [0.717, 1.165) is 24.1 Å². The first-order chi connectivity index (χ1) is 12.9. The molecule has 1 N–H and O–H groups in total. The van der Waals surface area contributed by atoms with E-state index in [2.05, 4.69) is 5.32 Å². The summed E-state index contributed by atoms with van der Waals surface area (Å²) in [6.45, 7) is 5.39. The number of esters is 1. The maximum Gasteiger partial charge on any atom is 0.310 e. The van der Waals surface area contributed by atoms with Gasteiger partial charge in [0.1, 0.15) is 0 Å². The Morgan fingerprint density at radius 1 is 1.22 bits per heavy atom. The molecule has 0 aromatic heterocycles. The molecule has 1 unspecified atom stereocenters. The van der Waals surface area contributed by atoms with Crippen molar-refractivity contribution in [1.82, 2.24) is 9.80 Å². The van der Waals surface area contributed by atoms with Gasteiger partial charge in [-0.1, -0.05) is 17.7 Å². The van der Waals surface area contributed by atoms with E-state index in [0.29, 0.717) is 19.7 Å². The number of carbonyl (C=O) groups excluding carboxylic acids is 3. The molecule has 2 amide bonds. The monoisotopic (exact) mass is 375 g/mol. The van der Waals surface area contributed by atoms with Crippen LogP contribution >= 0.6 is 0 Å². The Morgan fingerprint density at radius 2 is 1.93 bits per heavy atom. The Kier molecular flexibility index (Phi) is 7.79. The van der Waals surface area contributed by atoms with Crippen LogP contribution in [-0.2, 0) is 19.1 Å². The van der Waals surface area contributed by atoms with Gasteiger partial charge in [0.05, 0.1) is 25.6 Å². The van der Waals surface area contributed by atoms with Crippen molar-refractivity contribution in [2.45, 2.75) is 26.7 Å². The van der Waals surface area contributed by atoms with Gasteiger partial charge in [0.25, 0.3) is 0 Å². The Balaban J connectivity index is 1.79. The average Bonchev–Trinajstić information content (AvgIpc) is 2.63. The molecule has 7 nitrogen and oxygen atoms in total. The van der Waals surface area contributed by atoms with Crippen LogP contribution in [0.5, 0.6) is 0 Å². The molecule has 1 aliphatic rings. The molecule has 1 saturated heterocycles. The third-order valence-corrected chi connectivity index (χ3v) is 4.55. The highest BCUT2D eigenvalue weighted by Gasteiger charge is 2.29. The summed E-state index contributed by atoms with van der Waals surface area (Å²) in [6, 6.07) is 7.56. The van der Waals surface area contributed by atoms with Crippen molar-refractivity contribution in [3.8, 4) is 0 Å². The topological polar surface area (TPSA) is 79.0 Å². The van der Waals surface area contributed by atoms with Gasteiger partial charge < -0.3 is 15.0 Å². The number of anilines is 1. The molecule has 0 aliphatic carbocycles. The Bertz CT molecular complexity index is 660. The summed E-state index contributed by atoms with van der Waals surface area (Å²) >= 11 is 0. The molecule has 0 spiro atoms. The predicted molar refractivity (Wildman–Crippen MR) is 103 cm³/mol. The standard InChI is InChI=1S/C20H29N3O4/c1-4-27-20(26)16-6-5-11-23(12-16)19(25)14-22(3)13-18(24)21-17-9-7-15(2)8-10-17/h7-10,16H,4-6,11-14H2,1-3H3,(H,21,24). The van der Waals surface area contributed by atoms with Gasteiger partial charge in [-0.05, 0) is 45.9 Å². The molecule has 1 aromatic carbocycles. The third kappa shape index (κ3) is 6.67. The highest BCUT2D eigenvalue weighted by atomic mass is 16.5. The first-order valence-electron chi connectivity index (χ1n) is 9.38. The summed E-state index contributed by atoms with van der Waals surface area (Å²) in [6.07, 6.45) is 1.53. The van der Waals surface area contributed by atoms with Crippen LogP contribution in [0.3, 0.4) is 0 Å². The van der Waals surface area contributed by atoms with Gasteiger partial charge in [-0.2, -0.15) is 0 Å². The summed E-state index contributed by atoms with van der Waals surface area (Å²) in [4.78, 5) is 39.9. The van der Waals surface area contributed by atoms with Crippen molar-refractivity contribution >= 4 is 23.5 Å². The summed E-state index contributed by atoms with van der Waals surface area (Å²) in [7, 11) is 1.74. The number of rotatable bonds is 7. The molecule has 1 aromatic rings. The smallest absolute Gasteiger partial charge is 0.310 e. The van der Waals surface area contributed by atoms with E-state index in [-0.39, 0.29) is 36.8 Å². The Hall–Kier alpha value is -2.41. The van der Waals surface area contributed by atoms with E-state index >= 15 is 0 Å². The number of carbonyl (C=O) groups is 3. The number of likely N-dealkylation sites (N-methyl/N-ethyl adjacent to an activating group) is 1. The van der Waals surface area contributed by atoms with Crippen LogP contribution in [0, 0.1) is 12.8 Å². The zero-order chi connectivity index (χ0) is 19.8. The quantitative estimate of drug-likeness (QED) is 0.734. The lowest BCUT2D eigenvalue weighted by Gasteiger charge is -2.32. The second kappa shape index (κ2) is 10.1. The first-order valence-corrected chi connectivity index (χ1v) is 9.38. The minimum atomic E-state index is -0.252. The van der Waals surface area contributed by atoms with Crippen LogP contribution in [0.2, 0.25) is 0 Å². The zero-order valence-electron chi connectivity index (χ0n) is 16.4. The number of nitrogens with zero attached hydrogens (tertiary/aromatic N) is 2. The van der Waals surface area contributed by atoms with E-state index in [1.165, 1.54) is 0 Å². The number of likely N-dealkylation sites (tertiary alicyclic amines) is 1. The van der Waals surface area contributed by atoms with Gasteiger partial charge in [-0.15, -0.1) is 0 Å². The number of hydrogen-bond donors (Lipinski definition) is 1. The van der Waals surface area contributed by atoms with E-state index in [1.807, 2.05) is 31.2 Å². The maximum atomic E-state index is 12.5. The number of ether oxygens (including phenoxy) is 1. The second-order valence-corrected chi connectivity index (χ2v) is 7.02. The lowest BCUT2D eigenvalue weighted by Crippen LogP contribution is -2.47. The molecule has 148 valence electrons. The molecule has 1 fully saturated rings. The lowest BCUT2D eigenvalue weighted by atomic mass is 9.98. The fraction of sp³-hybridized carbons (Fsp3) is 0.550. The molecular weight excluding hydrogens is 346 g/mol. The molecule has 0 saturated carbocycles. The molecule has 7 heteroatoms. The molecule has 1 heterocycles. The van der Waals surface area contributed by atoms with Gasteiger partial charge in [0, 0.05) is 18.8 Å². The molecular formula is C20H29N3O4. The predicted octanol–water partition coefficient (Wildman–Crippen LogP) is 1.67. The minimum absolute atomic E-state index is 0.0744. The van der Waals surface area contributed by atoms with Gasteiger partial charge in [0.15, 0.2) is 0 Å². The normalized spacial score (nSPS) is 16.9. The van der Waals surface area contributed by atoms with Crippen LogP contribution < -0.4 is 5.32 Å². The minimum Gasteiger partial charge on any atom is -0.466 e. The van der Waals surface area contributed by atoms with Crippen LogP contribution in [0.1, 0.15) is 25.3 Å². The summed E-state index contributed by atoms with van der Waals surface area (Å²) in [5.74, 6) is -0.731.